The Balaban J connectivity index is 2.49. The van der Waals surface area contributed by atoms with Crippen molar-refractivity contribution in [1.29, 1.82) is 0 Å². The number of methoxy groups -OCH3 is 2. The van der Waals surface area contributed by atoms with Crippen molar-refractivity contribution in [2.24, 2.45) is 0 Å². The van der Waals surface area contributed by atoms with Crippen LogP contribution in [0.3, 0.4) is 0 Å². The molecule has 1 atom stereocenters. The standard InChI is InChI=1S/C15H20N2O2/c1-4-17-14(15(18-2)19-3)13-10-16-9-11-7-5-6-8-12(11)13/h5-10,14-15,17H,4H2,1-3H3. The molecule has 0 fully saturated rings. The number of ether oxygens (including phenoxy) is 2. The summed E-state index contributed by atoms with van der Waals surface area (Å²) >= 11 is 0. The molecule has 4 heteroatoms. The number of nitrogens with one attached hydrogen (secondary N) is 1. The van der Waals surface area contributed by atoms with E-state index in [-0.39, 0.29) is 12.3 Å². The molecule has 0 bridgehead atoms. The van der Waals surface area contributed by atoms with Crippen molar-refractivity contribution in [3.05, 3.63) is 42.2 Å². The maximum absolute atomic E-state index is 5.40. The van der Waals surface area contributed by atoms with Gasteiger partial charge in [0.25, 0.3) is 0 Å². The lowest BCUT2D eigenvalue weighted by molar-refractivity contribution is -0.123. The molecule has 1 heterocycles. The Bertz CT molecular complexity index is 521. The summed E-state index contributed by atoms with van der Waals surface area (Å²) in [6.07, 6.45) is 3.41. The summed E-state index contributed by atoms with van der Waals surface area (Å²) < 4.78 is 10.8. The number of aromatic nitrogens is 1. The van der Waals surface area contributed by atoms with Gasteiger partial charge in [-0.25, -0.2) is 0 Å². The van der Waals surface area contributed by atoms with Gasteiger partial charge in [0.2, 0.25) is 0 Å². The van der Waals surface area contributed by atoms with Gasteiger partial charge in [-0.1, -0.05) is 31.2 Å². The van der Waals surface area contributed by atoms with E-state index >= 15 is 0 Å². The molecule has 1 aromatic carbocycles. The Morgan fingerprint density at radius 2 is 1.89 bits per heavy atom. The second-order valence-electron chi connectivity index (χ2n) is 4.33. The number of hydrogen-bond donors (Lipinski definition) is 1. The molecule has 0 aliphatic carbocycles. The minimum atomic E-state index is -0.340. The van der Waals surface area contributed by atoms with Crippen molar-refractivity contribution in [3.63, 3.8) is 0 Å². The first-order chi connectivity index (χ1) is 9.31. The second-order valence-corrected chi connectivity index (χ2v) is 4.33. The Hall–Kier alpha value is -1.49. The molecule has 1 N–H and O–H groups in total. The molecule has 1 aromatic heterocycles. The minimum Gasteiger partial charge on any atom is -0.354 e. The number of pyridine rings is 1. The van der Waals surface area contributed by atoms with Crippen molar-refractivity contribution in [1.82, 2.24) is 10.3 Å². The van der Waals surface area contributed by atoms with E-state index in [9.17, 15) is 0 Å². The molecular formula is C15H20N2O2. The summed E-state index contributed by atoms with van der Waals surface area (Å²) in [7, 11) is 3.30. The third kappa shape index (κ3) is 2.92. The highest BCUT2D eigenvalue weighted by atomic mass is 16.7. The highest BCUT2D eigenvalue weighted by Crippen LogP contribution is 2.26. The molecule has 0 amide bonds. The summed E-state index contributed by atoms with van der Waals surface area (Å²) in [5.41, 5.74) is 1.09. The van der Waals surface area contributed by atoms with E-state index in [2.05, 4.69) is 29.4 Å². The van der Waals surface area contributed by atoms with Gasteiger partial charge >= 0.3 is 0 Å². The van der Waals surface area contributed by atoms with Crippen LogP contribution >= 0.6 is 0 Å². The predicted octanol–water partition coefficient (Wildman–Crippen LogP) is 2.50. The maximum atomic E-state index is 5.40. The molecule has 0 saturated carbocycles. The number of rotatable bonds is 6. The largest absolute Gasteiger partial charge is 0.354 e. The molecule has 1 unspecified atom stereocenters. The average molecular weight is 260 g/mol. The van der Waals surface area contributed by atoms with Crippen molar-refractivity contribution in [2.75, 3.05) is 20.8 Å². The number of nitrogens with zero attached hydrogens (tertiary/aromatic N) is 1. The minimum absolute atomic E-state index is 0.0430. The summed E-state index contributed by atoms with van der Waals surface area (Å²) in [5.74, 6) is 0. The van der Waals surface area contributed by atoms with Gasteiger partial charge in [-0.2, -0.15) is 0 Å². The van der Waals surface area contributed by atoms with E-state index in [4.69, 9.17) is 9.47 Å². The van der Waals surface area contributed by atoms with E-state index < -0.39 is 0 Å². The lowest BCUT2D eigenvalue weighted by atomic mass is 10.0. The highest BCUT2D eigenvalue weighted by Gasteiger charge is 2.23. The van der Waals surface area contributed by atoms with Gasteiger partial charge in [-0.05, 0) is 11.9 Å². The Kier molecular flexibility index (Phi) is 4.85. The van der Waals surface area contributed by atoms with Crippen molar-refractivity contribution in [3.8, 4) is 0 Å². The van der Waals surface area contributed by atoms with Gasteiger partial charge in [0.15, 0.2) is 6.29 Å². The zero-order chi connectivity index (χ0) is 13.7. The molecule has 2 aromatic rings. The Morgan fingerprint density at radius 3 is 2.58 bits per heavy atom. The van der Waals surface area contributed by atoms with Gasteiger partial charge in [0.05, 0.1) is 6.04 Å². The van der Waals surface area contributed by atoms with Crippen molar-refractivity contribution >= 4 is 10.8 Å². The third-order valence-corrected chi connectivity index (χ3v) is 3.19. The number of hydrogen-bond acceptors (Lipinski definition) is 4. The van der Waals surface area contributed by atoms with Crippen molar-refractivity contribution < 1.29 is 9.47 Å². The molecule has 0 saturated heterocycles. The van der Waals surface area contributed by atoms with Gasteiger partial charge in [-0.3, -0.25) is 4.98 Å². The SMILES string of the molecule is CCNC(c1cncc2ccccc12)C(OC)OC. The smallest absolute Gasteiger partial charge is 0.176 e. The molecule has 4 nitrogen and oxygen atoms in total. The molecule has 19 heavy (non-hydrogen) atoms. The van der Waals surface area contributed by atoms with Crippen LogP contribution in [0.2, 0.25) is 0 Å². The highest BCUT2D eigenvalue weighted by molar-refractivity contribution is 5.85. The summed E-state index contributed by atoms with van der Waals surface area (Å²) in [4.78, 5) is 4.32. The average Bonchev–Trinajstić information content (AvgIpc) is 2.47. The summed E-state index contributed by atoms with van der Waals surface area (Å²) in [6, 6.07) is 8.16. The topological polar surface area (TPSA) is 43.4 Å². The Morgan fingerprint density at radius 1 is 1.16 bits per heavy atom. The first kappa shape index (κ1) is 13.9. The molecule has 0 radical (unpaired) electrons. The van der Waals surface area contributed by atoms with Crippen LogP contribution in [0.4, 0.5) is 0 Å². The molecule has 2 rings (SSSR count). The molecular weight excluding hydrogens is 240 g/mol. The number of likely N-dealkylation sites (N-methyl/N-ethyl adjacent to an activating group) is 1. The fourth-order valence-electron chi connectivity index (χ4n) is 2.33. The van der Waals surface area contributed by atoms with Crippen LogP contribution in [0.5, 0.6) is 0 Å². The first-order valence-electron chi connectivity index (χ1n) is 6.43. The fraction of sp³-hybridized carbons (Fsp3) is 0.400. The van der Waals surface area contributed by atoms with E-state index in [0.717, 1.165) is 17.5 Å². The fourth-order valence-corrected chi connectivity index (χ4v) is 2.33. The second kappa shape index (κ2) is 6.61. The quantitative estimate of drug-likeness (QED) is 0.810. The van der Waals surface area contributed by atoms with E-state index in [1.165, 1.54) is 5.39 Å². The lowest BCUT2D eigenvalue weighted by Crippen LogP contribution is -2.34. The zero-order valence-electron chi connectivity index (χ0n) is 11.6. The molecule has 102 valence electrons. The number of benzene rings is 1. The Labute approximate surface area is 113 Å². The van der Waals surface area contributed by atoms with Gasteiger partial charge < -0.3 is 14.8 Å². The van der Waals surface area contributed by atoms with E-state index in [1.54, 1.807) is 14.2 Å². The molecule has 0 aliphatic rings. The van der Waals surface area contributed by atoms with Crippen molar-refractivity contribution in [2.45, 2.75) is 19.3 Å². The normalized spacial score (nSPS) is 13.1. The predicted molar refractivity (Wildman–Crippen MR) is 76.0 cm³/mol. The van der Waals surface area contributed by atoms with E-state index in [0.29, 0.717) is 0 Å². The van der Waals surface area contributed by atoms with Gasteiger partial charge in [0, 0.05) is 37.6 Å². The van der Waals surface area contributed by atoms with Crippen LogP contribution in [0, 0.1) is 0 Å². The maximum Gasteiger partial charge on any atom is 0.176 e. The van der Waals surface area contributed by atoms with Crippen LogP contribution in [0.1, 0.15) is 18.5 Å². The van der Waals surface area contributed by atoms with Crippen LogP contribution in [-0.4, -0.2) is 32.0 Å². The monoisotopic (exact) mass is 260 g/mol. The van der Waals surface area contributed by atoms with Crippen LogP contribution in [0.25, 0.3) is 10.8 Å². The van der Waals surface area contributed by atoms with Gasteiger partial charge in [0.1, 0.15) is 0 Å². The van der Waals surface area contributed by atoms with E-state index in [1.807, 2.05) is 24.5 Å². The third-order valence-electron chi connectivity index (χ3n) is 3.19. The molecule has 0 aliphatic heterocycles. The van der Waals surface area contributed by atoms with Crippen LogP contribution in [-0.2, 0) is 9.47 Å². The summed E-state index contributed by atoms with van der Waals surface area (Å²) in [6.45, 7) is 2.89. The molecule has 0 spiro atoms. The first-order valence-corrected chi connectivity index (χ1v) is 6.43. The van der Waals surface area contributed by atoms with Gasteiger partial charge in [-0.15, -0.1) is 0 Å². The van der Waals surface area contributed by atoms with Crippen LogP contribution < -0.4 is 5.32 Å². The number of fused-ring (bicyclic) bond motifs is 1. The zero-order valence-corrected chi connectivity index (χ0v) is 11.6. The van der Waals surface area contributed by atoms with Crippen LogP contribution in [0.15, 0.2) is 36.7 Å². The summed E-state index contributed by atoms with van der Waals surface area (Å²) in [5, 5.41) is 5.69. The lowest BCUT2D eigenvalue weighted by Gasteiger charge is -2.26.